The molecule has 1 heterocycles. The van der Waals surface area contributed by atoms with Crippen LogP contribution in [0.25, 0.3) is 0 Å². The van der Waals surface area contributed by atoms with E-state index in [1.807, 2.05) is 0 Å². The van der Waals surface area contributed by atoms with Crippen molar-refractivity contribution in [1.82, 2.24) is 4.72 Å². The van der Waals surface area contributed by atoms with Gasteiger partial charge in [-0.3, -0.25) is 0 Å². The van der Waals surface area contributed by atoms with E-state index in [1.54, 1.807) is 6.07 Å². The van der Waals surface area contributed by atoms with E-state index in [0.717, 1.165) is 12.8 Å². The number of hydrogen-bond acceptors (Lipinski definition) is 5. The summed E-state index contributed by atoms with van der Waals surface area (Å²) >= 11 is 0. The molecule has 0 amide bonds. The number of ether oxygens (including phenoxy) is 2. The third-order valence-electron chi connectivity index (χ3n) is 3.39. The molecule has 6 nitrogen and oxygen atoms in total. The lowest BCUT2D eigenvalue weighted by Crippen LogP contribution is -2.38. The van der Waals surface area contributed by atoms with Gasteiger partial charge in [-0.1, -0.05) is 0 Å². The highest BCUT2D eigenvalue weighted by atomic mass is 35.5. The maximum Gasteiger partial charge on any atom is 0.240 e. The molecule has 1 unspecified atom stereocenters. The van der Waals surface area contributed by atoms with Crippen molar-refractivity contribution in [3.05, 3.63) is 18.2 Å². The number of nitrogens with one attached hydrogen (secondary N) is 1. The summed E-state index contributed by atoms with van der Waals surface area (Å²) in [6.07, 6.45) is 2.18. The Morgan fingerprint density at radius 1 is 1.30 bits per heavy atom. The van der Waals surface area contributed by atoms with Gasteiger partial charge in [-0.25, -0.2) is 13.1 Å². The Labute approximate surface area is 124 Å². The molecule has 0 spiro atoms. The number of nitrogens with two attached hydrogens (primary N) is 1. The summed E-state index contributed by atoms with van der Waals surface area (Å²) in [6.45, 7) is 0.389. The zero-order valence-electron chi connectivity index (χ0n) is 10.7. The van der Waals surface area contributed by atoms with E-state index in [0.29, 0.717) is 17.4 Å². The quantitative estimate of drug-likeness (QED) is 0.839. The fourth-order valence-electron chi connectivity index (χ4n) is 2.02. The average Bonchev–Trinajstić information content (AvgIpc) is 3.13. The van der Waals surface area contributed by atoms with Crippen molar-refractivity contribution in [3.63, 3.8) is 0 Å². The number of rotatable bonds is 5. The number of hydrogen-bond donors (Lipinski definition) is 2. The molecule has 1 aromatic carbocycles. The summed E-state index contributed by atoms with van der Waals surface area (Å²) in [5.41, 5.74) is 5.88. The third-order valence-corrected chi connectivity index (χ3v) is 4.81. The van der Waals surface area contributed by atoms with Crippen molar-refractivity contribution < 1.29 is 17.9 Å². The molecule has 3 rings (SSSR count). The maximum atomic E-state index is 12.1. The molecule has 0 bridgehead atoms. The average molecular weight is 321 g/mol. The van der Waals surface area contributed by atoms with Crippen LogP contribution in [0.2, 0.25) is 0 Å². The minimum absolute atomic E-state index is 0. The van der Waals surface area contributed by atoms with E-state index in [4.69, 9.17) is 15.2 Å². The molecule has 8 heteroatoms. The van der Waals surface area contributed by atoms with E-state index in [2.05, 4.69) is 4.72 Å². The first-order valence-electron chi connectivity index (χ1n) is 6.21. The Kier molecular flexibility index (Phi) is 4.43. The molecule has 1 atom stereocenters. The van der Waals surface area contributed by atoms with Gasteiger partial charge in [0, 0.05) is 18.7 Å². The Morgan fingerprint density at radius 3 is 2.70 bits per heavy atom. The molecule has 1 fully saturated rings. The van der Waals surface area contributed by atoms with E-state index < -0.39 is 10.0 Å². The van der Waals surface area contributed by atoms with Crippen LogP contribution in [0.1, 0.15) is 12.8 Å². The van der Waals surface area contributed by atoms with Crippen LogP contribution in [0.5, 0.6) is 11.5 Å². The number of fused-ring (bicyclic) bond motifs is 1. The van der Waals surface area contributed by atoms with Gasteiger partial charge < -0.3 is 15.2 Å². The Hall–Kier alpha value is -1.02. The van der Waals surface area contributed by atoms with Gasteiger partial charge in [0.2, 0.25) is 16.8 Å². The molecular formula is C12H17ClN2O4S. The largest absolute Gasteiger partial charge is 0.454 e. The lowest BCUT2D eigenvalue weighted by molar-refractivity contribution is 0.174. The molecule has 20 heavy (non-hydrogen) atoms. The summed E-state index contributed by atoms with van der Waals surface area (Å²) in [7, 11) is -3.55. The Morgan fingerprint density at radius 2 is 2.00 bits per heavy atom. The monoisotopic (exact) mass is 320 g/mol. The highest BCUT2D eigenvalue weighted by Crippen LogP contribution is 2.34. The van der Waals surface area contributed by atoms with Crippen LogP contribution < -0.4 is 19.9 Å². The van der Waals surface area contributed by atoms with Gasteiger partial charge in [0.15, 0.2) is 11.5 Å². The smallest absolute Gasteiger partial charge is 0.240 e. The first-order chi connectivity index (χ1) is 9.06. The highest BCUT2D eigenvalue weighted by Gasteiger charge is 2.29. The van der Waals surface area contributed by atoms with E-state index in [9.17, 15) is 8.42 Å². The van der Waals surface area contributed by atoms with Crippen molar-refractivity contribution in [2.75, 3.05) is 13.3 Å². The predicted octanol–water partition coefficient (Wildman–Crippen LogP) is 0.853. The minimum Gasteiger partial charge on any atom is -0.454 e. The number of benzene rings is 1. The first-order valence-corrected chi connectivity index (χ1v) is 7.69. The fourth-order valence-corrected chi connectivity index (χ4v) is 3.11. The first kappa shape index (κ1) is 15.4. The summed E-state index contributed by atoms with van der Waals surface area (Å²) in [5.74, 6) is 1.47. The second kappa shape index (κ2) is 5.77. The van der Waals surface area contributed by atoms with Gasteiger partial charge in [0.1, 0.15) is 0 Å². The molecule has 1 aliphatic heterocycles. The van der Waals surface area contributed by atoms with Crippen molar-refractivity contribution in [2.45, 2.75) is 23.8 Å². The van der Waals surface area contributed by atoms with Crippen LogP contribution in [0.3, 0.4) is 0 Å². The second-order valence-electron chi connectivity index (χ2n) is 4.87. The van der Waals surface area contributed by atoms with Crippen LogP contribution in [-0.2, 0) is 10.0 Å². The van der Waals surface area contributed by atoms with Gasteiger partial charge in [-0.2, -0.15) is 0 Å². The molecule has 3 N–H and O–H groups in total. The zero-order valence-corrected chi connectivity index (χ0v) is 12.4. The SMILES string of the molecule is Cl.NC(CNS(=O)(=O)c1ccc2c(c1)OCO2)C1CC1. The molecule has 0 radical (unpaired) electrons. The van der Waals surface area contributed by atoms with Gasteiger partial charge >= 0.3 is 0 Å². The van der Waals surface area contributed by atoms with Crippen LogP contribution in [0, 0.1) is 5.92 Å². The molecule has 1 aliphatic carbocycles. The molecule has 0 saturated heterocycles. The molecule has 2 aliphatic rings. The molecule has 0 aromatic heterocycles. The summed E-state index contributed by atoms with van der Waals surface area (Å²) < 4.78 is 37.1. The maximum absolute atomic E-state index is 12.1. The molecule has 1 aromatic rings. The molecule has 1 saturated carbocycles. The van der Waals surface area contributed by atoms with Gasteiger partial charge in [-0.15, -0.1) is 12.4 Å². The summed E-state index contributed by atoms with van der Waals surface area (Å²) in [6, 6.07) is 4.45. The molecular weight excluding hydrogens is 304 g/mol. The van der Waals surface area contributed by atoms with Gasteiger partial charge in [0.25, 0.3) is 0 Å². The van der Waals surface area contributed by atoms with Crippen LogP contribution in [-0.4, -0.2) is 27.8 Å². The lowest BCUT2D eigenvalue weighted by atomic mass is 10.2. The Bertz CT molecular complexity index is 589. The van der Waals surface area contributed by atoms with Gasteiger partial charge in [-0.05, 0) is 30.9 Å². The van der Waals surface area contributed by atoms with Crippen molar-refractivity contribution in [1.29, 1.82) is 0 Å². The lowest BCUT2D eigenvalue weighted by Gasteiger charge is -2.12. The van der Waals surface area contributed by atoms with E-state index in [1.165, 1.54) is 12.1 Å². The highest BCUT2D eigenvalue weighted by molar-refractivity contribution is 7.89. The predicted molar refractivity (Wildman–Crippen MR) is 75.7 cm³/mol. The summed E-state index contributed by atoms with van der Waals surface area (Å²) in [4.78, 5) is 0.166. The van der Waals surface area contributed by atoms with Crippen LogP contribution >= 0.6 is 12.4 Å². The second-order valence-corrected chi connectivity index (χ2v) is 6.64. The van der Waals surface area contributed by atoms with E-state index in [-0.39, 0.29) is 36.7 Å². The van der Waals surface area contributed by atoms with Crippen LogP contribution in [0.15, 0.2) is 23.1 Å². The Balaban J connectivity index is 0.00000147. The number of halogens is 1. The molecule has 112 valence electrons. The fraction of sp³-hybridized carbons (Fsp3) is 0.500. The van der Waals surface area contributed by atoms with Crippen molar-refractivity contribution in [2.24, 2.45) is 11.7 Å². The standard InChI is InChI=1S/C12H16N2O4S.ClH/c13-10(8-1-2-8)6-14-19(15,16)9-3-4-11-12(5-9)18-7-17-11;/h3-5,8,10,14H,1-2,6-7,13H2;1H. The van der Waals surface area contributed by atoms with Crippen molar-refractivity contribution in [3.8, 4) is 11.5 Å². The van der Waals surface area contributed by atoms with Gasteiger partial charge in [0.05, 0.1) is 4.90 Å². The minimum atomic E-state index is -3.55. The normalized spacial score (nSPS) is 18.4. The zero-order chi connectivity index (χ0) is 13.5. The summed E-state index contributed by atoms with van der Waals surface area (Å²) in [5, 5.41) is 0. The van der Waals surface area contributed by atoms with E-state index >= 15 is 0 Å². The number of sulfonamides is 1. The topological polar surface area (TPSA) is 90.7 Å². The third kappa shape index (κ3) is 3.17. The van der Waals surface area contributed by atoms with Crippen molar-refractivity contribution >= 4 is 22.4 Å². The van der Waals surface area contributed by atoms with Crippen LogP contribution in [0.4, 0.5) is 0 Å².